The Morgan fingerprint density at radius 1 is 1.03 bits per heavy atom. The van der Waals surface area contributed by atoms with E-state index in [0.717, 1.165) is 5.56 Å². The lowest BCUT2D eigenvalue weighted by Crippen LogP contribution is -2.59. The zero-order valence-corrected chi connectivity index (χ0v) is 38.3. The molecule has 1 aliphatic heterocycles. The molecule has 1 heterocycles. The summed E-state index contributed by atoms with van der Waals surface area (Å²) in [4.78, 5) is 71.1. The minimum absolute atomic E-state index is 0.00110. The predicted octanol–water partition coefficient (Wildman–Crippen LogP) is 3.07. The highest BCUT2D eigenvalue weighted by atomic mass is 32.2. The molecule has 0 aliphatic carbocycles. The van der Waals surface area contributed by atoms with Crippen molar-refractivity contribution in [3.63, 3.8) is 0 Å². The van der Waals surface area contributed by atoms with Crippen molar-refractivity contribution in [2.75, 3.05) is 33.9 Å². The predicted molar refractivity (Wildman–Crippen MR) is 232 cm³/mol. The molecule has 1 aliphatic rings. The first-order valence-corrected chi connectivity index (χ1v) is 24.5. The number of carbonyl (C=O) groups excluding carboxylic acids is 5. The first-order chi connectivity index (χ1) is 29.0. The summed E-state index contributed by atoms with van der Waals surface area (Å²) < 4.78 is 51.7. The Kier molecular flexibility index (Phi) is 19.5. The standard InChI is InChI=1S/C41H63N7O11SSi/c1-9-61(10-2,11-3)59-35(39(52)57-8)31(19-15-21-43-40(42)47-60(54,55)36-27(4)23-34(56-7)28(5)29(36)6)46-37(50)33-20-16-22-48(33)38(51)32(45-26-49)24-44-41(53)58-25-30-17-13-12-14-18-30/h12-14,17-18,23,26,31-33,35H,9-11,15-16,19-22,24-25H2,1-8H3,(H,44,53)(H,45,49)(H,46,50)(H3,42,43,47)/t31-,32-,33-,35?/m0/s1. The van der Waals surface area contributed by atoms with Crippen LogP contribution in [0.1, 0.15) is 68.7 Å². The van der Waals surface area contributed by atoms with Crippen LogP contribution >= 0.6 is 0 Å². The smallest absolute Gasteiger partial charge is 0.407 e. The van der Waals surface area contributed by atoms with E-state index in [1.54, 1.807) is 51.1 Å². The number of hydrogen-bond donors (Lipinski definition) is 5. The van der Waals surface area contributed by atoms with Crippen LogP contribution in [0, 0.1) is 20.8 Å². The highest BCUT2D eigenvalue weighted by molar-refractivity contribution is 7.90. The van der Waals surface area contributed by atoms with Crippen molar-refractivity contribution in [3.8, 4) is 5.75 Å². The minimum Gasteiger partial charge on any atom is -0.496 e. The van der Waals surface area contributed by atoms with E-state index in [0.29, 0.717) is 59.8 Å². The van der Waals surface area contributed by atoms with Crippen LogP contribution in [-0.2, 0) is 49.7 Å². The number of ether oxygens (including phenoxy) is 3. The number of amides is 4. The Hall–Kier alpha value is -5.21. The molecule has 0 aromatic heterocycles. The Bertz CT molecular complexity index is 1960. The van der Waals surface area contributed by atoms with Gasteiger partial charge in [0.2, 0.25) is 24.2 Å². The van der Waals surface area contributed by atoms with E-state index in [-0.39, 0.29) is 49.9 Å². The molecule has 6 N–H and O–H groups in total. The van der Waals surface area contributed by atoms with Crippen LogP contribution in [0.2, 0.25) is 18.1 Å². The molecule has 2 aromatic rings. The van der Waals surface area contributed by atoms with Gasteiger partial charge in [0.15, 0.2) is 14.4 Å². The maximum absolute atomic E-state index is 14.2. The molecular weight excluding hydrogens is 827 g/mol. The van der Waals surface area contributed by atoms with Crippen molar-refractivity contribution >= 4 is 54.6 Å². The number of methoxy groups -OCH3 is 2. The summed E-state index contributed by atoms with van der Waals surface area (Å²) in [6.45, 7) is 11.0. The number of nitrogens with one attached hydrogen (secondary N) is 4. The number of benzene rings is 2. The Morgan fingerprint density at radius 3 is 2.31 bits per heavy atom. The van der Waals surface area contributed by atoms with Crippen molar-refractivity contribution in [3.05, 3.63) is 58.7 Å². The number of hydrogen-bond acceptors (Lipinski definition) is 12. The molecule has 1 fully saturated rings. The molecule has 1 saturated heterocycles. The highest BCUT2D eigenvalue weighted by Crippen LogP contribution is 2.31. The fourth-order valence-electron chi connectivity index (χ4n) is 7.40. The van der Waals surface area contributed by atoms with Crippen LogP contribution in [0.3, 0.4) is 0 Å². The van der Waals surface area contributed by atoms with E-state index in [1.165, 1.54) is 19.1 Å². The molecule has 1 unspecified atom stereocenters. The molecule has 20 heteroatoms. The molecule has 4 atom stereocenters. The van der Waals surface area contributed by atoms with Crippen LogP contribution in [0.4, 0.5) is 4.79 Å². The summed E-state index contributed by atoms with van der Waals surface area (Å²) in [5, 5.41) is 7.90. The third-order valence-electron chi connectivity index (χ3n) is 11.2. The van der Waals surface area contributed by atoms with Crippen molar-refractivity contribution in [2.24, 2.45) is 10.7 Å². The van der Waals surface area contributed by atoms with Crippen LogP contribution < -0.4 is 31.1 Å². The highest BCUT2D eigenvalue weighted by Gasteiger charge is 2.43. The summed E-state index contributed by atoms with van der Waals surface area (Å²) in [5.41, 5.74) is 8.48. The number of aliphatic imine (C=N–C) groups is 1. The molecule has 18 nitrogen and oxygen atoms in total. The number of sulfonamides is 1. The average Bonchev–Trinajstić information content (AvgIpc) is 3.75. The normalized spacial score (nSPS) is 15.8. The second kappa shape index (κ2) is 23.7. The molecule has 2 aromatic carbocycles. The van der Waals surface area contributed by atoms with Crippen molar-refractivity contribution in [2.45, 2.75) is 121 Å². The average molecular weight is 890 g/mol. The van der Waals surface area contributed by atoms with E-state index < -0.39 is 66.4 Å². The van der Waals surface area contributed by atoms with E-state index in [1.807, 2.05) is 26.8 Å². The molecule has 0 saturated carbocycles. The van der Waals surface area contributed by atoms with E-state index in [2.05, 4.69) is 25.7 Å². The number of nitrogens with zero attached hydrogens (tertiary/aromatic N) is 2. The summed E-state index contributed by atoms with van der Waals surface area (Å²) in [5.74, 6) is -1.63. The summed E-state index contributed by atoms with van der Waals surface area (Å²) in [7, 11) is -3.87. The van der Waals surface area contributed by atoms with Crippen molar-refractivity contribution < 1.29 is 51.0 Å². The SMILES string of the molecule is CC[Si](CC)(CC)OC(C(=O)OC)[C@H](CCCN=C(N)NS(=O)(=O)c1c(C)cc(OC)c(C)c1C)NC(=O)[C@@H]1CCCN1C(=O)[C@H](CNC(=O)OCc1ccccc1)NC=O. The molecule has 0 bridgehead atoms. The van der Waals surface area contributed by atoms with Crippen molar-refractivity contribution in [1.29, 1.82) is 0 Å². The fourth-order valence-corrected chi connectivity index (χ4v) is 11.7. The monoisotopic (exact) mass is 889 g/mol. The maximum atomic E-state index is 14.2. The van der Waals surface area contributed by atoms with Gasteiger partial charge in [-0.2, -0.15) is 0 Å². The van der Waals surface area contributed by atoms with Gasteiger partial charge in [-0.05, 0) is 92.9 Å². The topological polar surface area (TPSA) is 246 Å². The number of alkyl carbamates (subject to hydrolysis) is 1. The Labute approximate surface area is 360 Å². The van der Waals surface area contributed by atoms with E-state index >= 15 is 0 Å². The largest absolute Gasteiger partial charge is 0.496 e. The number of guanidine groups is 1. The first kappa shape index (κ1) is 50.1. The molecular formula is C41H63N7O11SSi. The van der Waals surface area contributed by atoms with Crippen LogP contribution in [-0.4, -0.2) is 116 Å². The number of carbonyl (C=O) groups is 5. The van der Waals surface area contributed by atoms with E-state index in [4.69, 9.17) is 24.4 Å². The van der Waals surface area contributed by atoms with Gasteiger partial charge >= 0.3 is 12.1 Å². The summed E-state index contributed by atoms with van der Waals surface area (Å²) >= 11 is 0. The van der Waals surface area contributed by atoms with Crippen LogP contribution in [0.5, 0.6) is 5.75 Å². The van der Waals surface area contributed by atoms with Gasteiger partial charge in [-0.25, -0.2) is 22.7 Å². The van der Waals surface area contributed by atoms with E-state index in [9.17, 15) is 32.4 Å². The lowest BCUT2D eigenvalue weighted by Gasteiger charge is -2.36. The second-order valence-corrected chi connectivity index (χ2v) is 21.2. The van der Waals surface area contributed by atoms with Gasteiger partial charge in [-0.15, -0.1) is 0 Å². The van der Waals surface area contributed by atoms with Crippen molar-refractivity contribution in [1.82, 2.24) is 25.6 Å². The Morgan fingerprint density at radius 2 is 1.70 bits per heavy atom. The second-order valence-electron chi connectivity index (χ2n) is 14.9. The fraction of sp³-hybridized carbons (Fsp3) is 0.561. The van der Waals surface area contributed by atoms with Crippen LogP contribution in [0.25, 0.3) is 0 Å². The van der Waals surface area contributed by atoms with Gasteiger partial charge in [-0.1, -0.05) is 51.1 Å². The number of aryl methyl sites for hydroxylation is 1. The Balaban J connectivity index is 1.81. The van der Waals surface area contributed by atoms with Crippen LogP contribution in [0.15, 0.2) is 46.3 Å². The number of nitrogens with two attached hydrogens (primary N) is 1. The molecule has 4 amide bonds. The molecule has 3 rings (SSSR count). The molecule has 0 radical (unpaired) electrons. The zero-order valence-electron chi connectivity index (χ0n) is 36.5. The number of likely N-dealkylation sites (tertiary alicyclic amines) is 1. The number of esters is 1. The van der Waals surface area contributed by atoms with Gasteiger partial charge in [-0.3, -0.25) is 19.4 Å². The minimum atomic E-state index is -4.13. The third kappa shape index (κ3) is 13.6. The van der Waals surface area contributed by atoms with Gasteiger partial charge in [0, 0.05) is 13.1 Å². The zero-order chi connectivity index (χ0) is 45.3. The third-order valence-corrected chi connectivity index (χ3v) is 17.4. The quantitative estimate of drug-likeness (QED) is 0.0270. The summed E-state index contributed by atoms with van der Waals surface area (Å²) in [6, 6.07) is 9.62. The molecule has 0 spiro atoms. The van der Waals surface area contributed by atoms with Gasteiger partial charge in [0.05, 0.1) is 31.7 Å². The first-order valence-electron chi connectivity index (χ1n) is 20.5. The molecule has 338 valence electrons. The van der Waals surface area contributed by atoms with Gasteiger partial charge in [0.25, 0.3) is 10.0 Å². The molecule has 61 heavy (non-hydrogen) atoms. The lowest BCUT2D eigenvalue weighted by molar-refractivity contribution is -0.152. The lowest BCUT2D eigenvalue weighted by atomic mass is 10.0. The van der Waals surface area contributed by atoms with Gasteiger partial charge in [0.1, 0.15) is 24.4 Å². The summed E-state index contributed by atoms with van der Waals surface area (Å²) in [6.07, 6.45) is -0.529. The number of rotatable bonds is 23. The maximum Gasteiger partial charge on any atom is 0.407 e. The van der Waals surface area contributed by atoms with Gasteiger partial charge < -0.3 is 45.2 Å².